The summed E-state index contributed by atoms with van der Waals surface area (Å²) in [6.45, 7) is 1.23. The van der Waals surface area contributed by atoms with Crippen LogP contribution in [0.15, 0.2) is 34.6 Å². The Morgan fingerprint density at radius 2 is 1.74 bits per heavy atom. The summed E-state index contributed by atoms with van der Waals surface area (Å²) >= 11 is 1.62. The number of rotatable bonds is 6. The van der Waals surface area contributed by atoms with Crippen LogP contribution in [0, 0.1) is 0 Å². The second kappa shape index (κ2) is 11.1. The lowest BCUT2D eigenvalue weighted by molar-refractivity contribution is 0.0827. The Hall–Kier alpha value is -1.88. The van der Waals surface area contributed by atoms with E-state index >= 15 is 0 Å². The van der Waals surface area contributed by atoms with Crippen LogP contribution in [-0.4, -0.2) is 57.0 Å². The molecule has 0 fully saturated rings. The third-order valence-corrected chi connectivity index (χ3v) is 4.71. The minimum atomic E-state index is 0. The molecule has 0 aliphatic carbocycles. The maximum atomic E-state index is 11.9. The van der Waals surface area contributed by atoms with Gasteiger partial charge in [-0.3, -0.25) is 9.79 Å². The molecule has 0 aliphatic heterocycles. The van der Waals surface area contributed by atoms with Gasteiger partial charge in [-0.2, -0.15) is 0 Å². The van der Waals surface area contributed by atoms with E-state index in [9.17, 15) is 4.79 Å². The molecule has 1 heterocycles. The van der Waals surface area contributed by atoms with E-state index in [2.05, 4.69) is 20.6 Å². The molecule has 1 amide bonds. The van der Waals surface area contributed by atoms with Gasteiger partial charge in [-0.25, -0.2) is 4.98 Å². The van der Waals surface area contributed by atoms with Crippen LogP contribution in [0.25, 0.3) is 0 Å². The zero-order valence-electron chi connectivity index (χ0n) is 16.3. The van der Waals surface area contributed by atoms with Gasteiger partial charge in [-0.05, 0) is 17.7 Å². The maximum Gasteiger partial charge on any atom is 0.253 e. The van der Waals surface area contributed by atoms with Gasteiger partial charge in [0.2, 0.25) is 0 Å². The van der Waals surface area contributed by atoms with Crippen LogP contribution in [-0.2, 0) is 13.1 Å². The van der Waals surface area contributed by atoms with Crippen LogP contribution in [0.2, 0.25) is 0 Å². The minimum Gasteiger partial charge on any atom is -0.354 e. The van der Waals surface area contributed by atoms with Crippen molar-refractivity contribution in [2.24, 2.45) is 4.99 Å². The number of anilines is 1. The molecule has 0 radical (unpaired) electrons. The molecule has 0 spiro atoms. The smallest absolute Gasteiger partial charge is 0.253 e. The zero-order chi connectivity index (χ0) is 19.1. The van der Waals surface area contributed by atoms with Gasteiger partial charge in [-0.15, -0.1) is 35.3 Å². The molecule has 0 saturated heterocycles. The molecule has 148 valence electrons. The Labute approximate surface area is 181 Å². The van der Waals surface area contributed by atoms with Crippen molar-refractivity contribution in [1.29, 1.82) is 0 Å². The van der Waals surface area contributed by atoms with Crippen LogP contribution in [0.5, 0.6) is 0 Å². The minimum absolute atomic E-state index is 0. The number of hydrogen-bond donors (Lipinski definition) is 2. The van der Waals surface area contributed by atoms with Crippen molar-refractivity contribution in [2.75, 3.05) is 40.1 Å². The Balaban J connectivity index is 0.00000364. The summed E-state index contributed by atoms with van der Waals surface area (Å²) in [7, 11) is 9.19. The SMILES string of the molecule is CN=C(NCc1ccc(C(=O)N(C)C)cc1)NCc1csc(N(C)C)n1.I. The van der Waals surface area contributed by atoms with E-state index in [0.29, 0.717) is 24.6 Å². The van der Waals surface area contributed by atoms with E-state index in [-0.39, 0.29) is 29.9 Å². The predicted molar refractivity (Wildman–Crippen MR) is 123 cm³/mol. The Morgan fingerprint density at radius 1 is 1.11 bits per heavy atom. The molecule has 2 rings (SSSR count). The monoisotopic (exact) mass is 502 g/mol. The van der Waals surface area contributed by atoms with Gasteiger partial charge >= 0.3 is 0 Å². The summed E-state index contributed by atoms with van der Waals surface area (Å²) in [5, 5.41) is 9.54. The van der Waals surface area contributed by atoms with Crippen molar-refractivity contribution in [3.63, 3.8) is 0 Å². The summed E-state index contributed by atoms with van der Waals surface area (Å²) < 4.78 is 0. The Morgan fingerprint density at radius 3 is 2.26 bits per heavy atom. The molecule has 0 bridgehead atoms. The first-order valence-electron chi connectivity index (χ1n) is 8.27. The van der Waals surface area contributed by atoms with E-state index in [0.717, 1.165) is 16.4 Å². The molecule has 2 N–H and O–H groups in total. The number of aromatic nitrogens is 1. The molecule has 2 aromatic rings. The largest absolute Gasteiger partial charge is 0.354 e. The highest BCUT2D eigenvalue weighted by Gasteiger charge is 2.08. The first-order valence-corrected chi connectivity index (χ1v) is 9.15. The number of carbonyl (C=O) groups is 1. The van der Waals surface area contributed by atoms with Crippen LogP contribution < -0.4 is 15.5 Å². The van der Waals surface area contributed by atoms with Crippen molar-refractivity contribution >= 4 is 52.3 Å². The summed E-state index contributed by atoms with van der Waals surface area (Å²) in [5.41, 5.74) is 2.74. The second-order valence-corrected chi connectivity index (χ2v) is 7.03. The normalized spacial score (nSPS) is 10.8. The standard InChI is InChI=1S/C18H26N6OS.HI/c1-19-17(21-11-15-12-26-18(22-15)24(4)5)20-10-13-6-8-14(9-7-13)16(25)23(2)3;/h6-9,12H,10-11H2,1-5H3,(H2,19,20,21);1H. The molecule has 0 aliphatic rings. The molecule has 1 aromatic carbocycles. The molecule has 1 aromatic heterocycles. The molecular formula is C18H27IN6OS. The highest BCUT2D eigenvalue weighted by Crippen LogP contribution is 2.17. The van der Waals surface area contributed by atoms with Gasteiger partial charge in [0.1, 0.15) is 0 Å². The van der Waals surface area contributed by atoms with Crippen molar-refractivity contribution in [1.82, 2.24) is 20.5 Å². The number of nitrogens with zero attached hydrogens (tertiary/aromatic N) is 4. The first-order chi connectivity index (χ1) is 12.4. The predicted octanol–water partition coefficient (Wildman–Crippen LogP) is 2.39. The third kappa shape index (κ3) is 6.98. The van der Waals surface area contributed by atoms with E-state index in [1.807, 2.05) is 48.6 Å². The Kier molecular flexibility index (Phi) is 9.50. The van der Waals surface area contributed by atoms with Gasteiger partial charge in [0.05, 0.1) is 12.2 Å². The summed E-state index contributed by atoms with van der Waals surface area (Å²) in [4.78, 5) is 24.2. The fourth-order valence-corrected chi connectivity index (χ4v) is 2.95. The molecule has 0 unspecified atom stereocenters. The number of benzene rings is 1. The topological polar surface area (TPSA) is 72.9 Å². The summed E-state index contributed by atoms with van der Waals surface area (Å²) in [6, 6.07) is 7.57. The van der Waals surface area contributed by atoms with Crippen molar-refractivity contribution in [3.8, 4) is 0 Å². The highest BCUT2D eigenvalue weighted by molar-refractivity contribution is 14.0. The van der Waals surface area contributed by atoms with E-state index in [1.54, 1.807) is 37.4 Å². The van der Waals surface area contributed by atoms with Crippen LogP contribution in [0.1, 0.15) is 21.6 Å². The average Bonchev–Trinajstić information content (AvgIpc) is 3.11. The van der Waals surface area contributed by atoms with E-state index < -0.39 is 0 Å². The van der Waals surface area contributed by atoms with Gasteiger partial charge < -0.3 is 20.4 Å². The first kappa shape index (κ1) is 23.2. The van der Waals surface area contributed by atoms with Crippen LogP contribution in [0.4, 0.5) is 5.13 Å². The van der Waals surface area contributed by atoms with E-state index in [4.69, 9.17) is 0 Å². The fourth-order valence-electron chi connectivity index (χ4n) is 2.19. The van der Waals surface area contributed by atoms with Crippen molar-refractivity contribution in [3.05, 3.63) is 46.5 Å². The number of carbonyl (C=O) groups excluding carboxylic acids is 1. The fraction of sp³-hybridized carbons (Fsp3) is 0.389. The molecular weight excluding hydrogens is 475 g/mol. The summed E-state index contributed by atoms with van der Waals surface area (Å²) in [6.07, 6.45) is 0. The summed E-state index contributed by atoms with van der Waals surface area (Å²) in [5.74, 6) is 0.709. The molecule has 0 saturated carbocycles. The van der Waals surface area contributed by atoms with Crippen LogP contribution in [0.3, 0.4) is 0 Å². The average molecular weight is 502 g/mol. The second-order valence-electron chi connectivity index (χ2n) is 6.19. The number of amides is 1. The highest BCUT2D eigenvalue weighted by atomic mass is 127. The number of aliphatic imine (C=N–C) groups is 1. The van der Waals surface area contributed by atoms with Crippen LogP contribution >= 0.6 is 35.3 Å². The van der Waals surface area contributed by atoms with Crippen molar-refractivity contribution in [2.45, 2.75) is 13.1 Å². The third-order valence-electron chi connectivity index (χ3n) is 3.65. The molecule has 7 nitrogen and oxygen atoms in total. The number of thiazole rings is 1. The lowest BCUT2D eigenvalue weighted by Crippen LogP contribution is -2.36. The maximum absolute atomic E-state index is 11.9. The molecule has 9 heteroatoms. The van der Waals surface area contributed by atoms with Gasteiger partial charge in [0, 0.05) is 52.7 Å². The number of guanidine groups is 1. The number of nitrogens with one attached hydrogen (secondary N) is 2. The van der Waals surface area contributed by atoms with E-state index in [1.165, 1.54) is 0 Å². The van der Waals surface area contributed by atoms with Gasteiger partial charge in [-0.1, -0.05) is 12.1 Å². The molecule has 0 atom stereocenters. The lowest BCUT2D eigenvalue weighted by Gasteiger charge is -2.13. The zero-order valence-corrected chi connectivity index (χ0v) is 19.5. The quantitative estimate of drug-likeness (QED) is 0.361. The van der Waals surface area contributed by atoms with Gasteiger partial charge in [0.25, 0.3) is 5.91 Å². The lowest BCUT2D eigenvalue weighted by atomic mass is 10.1. The molecule has 27 heavy (non-hydrogen) atoms. The number of halogens is 1. The number of hydrogen-bond acceptors (Lipinski definition) is 5. The van der Waals surface area contributed by atoms with Crippen molar-refractivity contribution < 1.29 is 4.79 Å². The van der Waals surface area contributed by atoms with Gasteiger partial charge in [0.15, 0.2) is 11.1 Å². The Bertz CT molecular complexity index is 757.